The van der Waals surface area contributed by atoms with Gasteiger partial charge in [0.2, 0.25) is 0 Å². The van der Waals surface area contributed by atoms with Crippen LogP contribution in [0.1, 0.15) is 12.8 Å². The summed E-state index contributed by atoms with van der Waals surface area (Å²) >= 11 is 1.36. The Kier molecular flexibility index (Phi) is 5.75. The number of halogens is 3. The second kappa shape index (κ2) is 8.29. The van der Waals surface area contributed by atoms with Gasteiger partial charge in [-0.05, 0) is 25.6 Å². The number of ether oxygens (including phenoxy) is 2. The third-order valence-corrected chi connectivity index (χ3v) is 5.77. The lowest BCUT2D eigenvalue weighted by molar-refractivity contribution is -0.153. The predicted molar refractivity (Wildman–Crippen MR) is 105 cm³/mol. The maximum atomic E-state index is 12.6. The summed E-state index contributed by atoms with van der Waals surface area (Å²) in [7, 11) is 0. The molecule has 0 aliphatic carbocycles. The number of aliphatic imine (C=N–C) groups is 1. The number of benzene rings is 1. The van der Waals surface area contributed by atoms with Crippen molar-refractivity contribution in [3.8, 4) is 22.1 Å². The summed E-state index contributed by atoms with van der Waals surface area (Å²) in [6.07, 6.45) is -0.478. The molecule has 2 atom stereocenters. The first-order valence-corrected chi connectivity index (χ1v) is 10.1. The molecule has 6 nitrogen and oxygen atoms in total. The number of piperazine rings is 1. The fourth-order valence-electron chi connectivity index (χ4n) is 3.77. The number of nitrogens with one attached hydrogen (secondary N) is 1. The van der Waals surface area contributed by atoms with Gasteiger partial charge in [0.1, 0.15) is 23.2 Å². The number of hydrogen-bond donors (Lipinski definition) is 1. The maximum Gasteiger partial charge on any atom is 0.422 e. The first-order valence-electron chi connectivity index (χ1n) is 9.26. The normalized spacial score (nSPS) is 21.9. The molecule has 2 unspecified atom stereocenters. The number of rotatable bonds is 7. The molecule has 1 N–H and O–H groups in total. The summed E-state index contributed by atoms with van der Waals surface area (Å²) in [5, 5.41) is 5.97. The lowest BCUT2D eigenvalue weighted by Crippen LogP contribution is -2.51. The molecule has 29 heavy (non-hydrogen) atoms. The molecule has 0 spiro atoms. The molecular weight excluding hydrogens is 405 g/mol. The zero-order chi connectivity index (χ0) is 20.4. The van der Waals surface area contributed by atoms with Gasteiger partial charge in [0, 0.05) is 42.8 Å². The number of hydrogen-bond acceptors (Lipinski definition) is 7. The summed E-state index contributed by atoms with van der Waals surface area (Å²) in [6.45, 7) is 4.31. The van der Waals surface area contributed by atoms with Crippen molar-refractivity contribution in [1.82, 2.24) is 15.2 Å². The van der Waals surface area contributed by atoms with Crippen molar-refractivity contribution >= 4 is 23.7 Å². The zero-order valence-corrected chi connectivity index (χ0v) is 16.4. The molecule has 0 saturated carbocycles. The van der Waals surface area contributed by atoms with E-state index in [1.807, 2.05) is 0 Å². The summed E-state index contributed by atoms with van der Waals surface area (Å²) in [5.41, 5.74) is 0.869. The van der Waals surface area contributed by atoms with Crippen LogP contribution in [0.25, 0.3) is 10.6 Å². The quantitative estimate of drug-likeness (QED) is 0.682. The summed E-state index contributed by atoms with van der Waals surface area (Å²) in [4.78, 5) is 10.5. The van der Waals surface area contributed by atoms with Gasteiger partial charge in [-0.3, -0.25) is 9.89 Å². The Labute approximate surface area is 170 Å². The molecule has 3 heterocycles. The minimum absolute atomic E-state index is 0.0440. The first-order chi connectivity index (χ1) is 13.9. The van der Waals surface area contributed by atoms with Crippen LogP contribution >= 0.6 is 11.3 Å². The van der Waals surface area contributed by atoms with Crippen LogP contribution in [-0.4, -0.2) is 61.3 Å². The van der Waals surface area contributed by atoms with Gasteiger partial charge in [-0.1, -0.05) is 0 Å². The predicted octanol–water partition coefficient (Wildman–Crippen LogP) is 3.86. The number of nitrogens with zero attached hydrogens (tertiary/aromatic N) is 3. The van der Waals surface area contributed by atoms with E-state index in [9.17, 15) is 13.2 Å². The van der Waals surface area contributed by atoms with Crippen molar-refractivity contribution < 1.29 is 22.6 Å². The number of alkyl halides is 3. The van der Waals surface area contributed by atoms with Crippen LogP contribution in [0.4, 0.5) is 18.9 Å². The van der Waals surface area contributed by atoms with Crippen molar-refractivity contribution in [2.45, 2.75) is 31.1 Å². The van der Waals surface area contributed by atoms with Crippen LogP contribution in [0, 0.1) is 0 Å². The largest absolute Gasteiger partial charge is 0.484 e. The van der Waals surface area contributed by atoms with Gasteiger partial charge >= 0.3 is 6.18 Å². The van der Waals surface area contributed by atoms with Crippen LogP contribution in [0.15, 0.2) is 28.7 Å². The molecule has 2 aliphatic rings. The molecule has 156 valence electrons. The fourth-order valence-corrected chi connectivity index (χ4v) is 4.42. The van der Waals surface area contributed by atoms with E-state index in [0.29, 0.717) is 40.8 Å². The van der Waals surface area contributed by atoms with E-state index < -0.39 is 12.8 Å². The molecule has 2 aromatic rings. The topological polar surface area (TPSA) is 59.0 Å². The second-order valence-electron chi connectivity index (χ2n) is 7.17. The molecule has 1 aromatic heterocycles. The van der Waals surface area contributed by atoms with Crippen molar-refractivity contribution in [2.24, 2.45) is 4.99 Å². The lowest BCUT2D eigenvalue weighted by Gasteiger charge is -2.32. The van der Waals surface area contributed by atoms with Gasteiger partial charge < -0.3 is 14.8 Å². The number of likely N-dealkylation sites (tertiary alicyclic amines) is 1. The molecule has 4 rings (SSSR count). The van der Waals surface area contributed by atoms with Crippen LogP contribution in [0.3, 0.4) is 0 Å². The van der Waals surface area contributed by atoms with E-state index in [1.165, 1.54) is 23.5 Å². The fraction of sp³-hybridized carbons (Fsp3) is 0.474. The highest BCUT2D eigenvalue weighted by molar-refractivity contribution is 7.13. The smallest absolute Gasteiger partial charge is 0.422 e. The van der Waals surface area contributed by atoms with Crippen LogP contribution in [-0.2, 0) is 0 Å². The Balaban J connectivity index is 1.58. The highest BCUT2D eigenvalue weighted by Gasteiger charge is 2.32. The number of aromatic nitrogens is 1. The summed E-state index contributed by atoms with van der Waals surface area (Å²) in [5.74, 6) is 0.489. The minimum Gasteiger partial charge on any atom is -0.484 e. The van der Waals surface area contributed by atoms with E-state index in [4.69, 9.17) is 9.47 Å². The van der Waals surface area contributed by atoms with Crippen molar-refractivity contribution in [3.05, 3.63) is 23.7 Å². The third-order valence-electron chi connectivity index (χ3n) is 4.96. The SMILES string of the molecule is C=Nc1cc(OCC(F)(F)F)cc(-c2nccs2)c1OCN1CC2CCC(C1)N2. The molecule has 2 bridgehead atoms. The Morgan fingerprint density at radius 2 is 2.00 bits per heavy atom. The van der Waals surface area contributed by atoms with E-state index >= 15 is 0 Å². The van der Waals surface area contributed by atoms with Gasteiger partial charge in [0.15, 0.2) is 12.4 Å². The zero-order valence-electron chi connectivity index (χ0n) is 15.6. The van der Waals surface area contributed by atoms with E-state index in [0.717, 1.165) is 25.9 Å². The molecule has 2 aliphatic heterocycles. The molecular formula is C19H21F3N4O2S. The third kappa shape index (κ3) is 4.88. The Hall–Kier alpha value is -2.17. The Morgan fingerprint density at radius 3 is 2.62 bits per heavy atom. The van der Waals surface area contributed by atoms with Crippen molar-refractivity contribution in [1.29, 1.82) is 0 Å². The number of thiazole rings is 1. The lowest BCUT2D eigenvalue weighted by atomic mass is 10.1. The summed E-state index contributed by atoms with van der Waals surface area (Å²) < 4.78 is 48.7. The monoisotopic (exact) mass is 426 g/mol. The average Bonchev–Trinajstić information content (AvgIpc) is 3.33. The molecule has 0 amide bonds. The minimum atomic E-state index is -4.43. The van der Waals surface area contributed by atoms with E-state index in [2.05, 4.69) is 26.9 Å². The van der Waals surface area contributed by atoms with Crippen molar-refractivity contribution in [3.63, 3.8) is 0 Å². The maximum absolute atomic E-state index is 12.6. The molecule has 0 radical (unpaired) electrons. The van der Waals surface area contributed by atoms with Gasteiger partial charge in [-0.2, -0.15) is 13.2 Å². The first kappa shape index (κ1) is 20.1. The van der Waals surface area contributed by atoms with E-state index in [-0.39, 0.29) is 5.75 Å². The Bertz CT molecular complexity index is 848. The van der Waals surface area contributed by atoms with Gasteiger partial charge in [-0.25, -0.2) is 4.98 Å². The molecule has 2 fully saturated rings. The standard InChI is InChI=1S/C19H21F3N4O2S/c1-23-16-7-14(27-10-19(20,21)22)6-15(18-24-4-5-29-18)17(16)28-11-26-8-12-2-3-13(9-26)25-12/h4-7,12-13,25H,1-3,8-11H2. The average molecular weight is 426 g/mol. The second-order valence-corrected chi connectivity index (χ2v) is 8.06. The molecule has 2 saturated heterocycles. The van der Waals surface area contributed by atoms with Crippen molar-refractivity contribution in [2.75, 3.05) is 26.4 Å². The van der Waals surface area contributed by atoms with Gasteiger partial charge in [-0.15, -0.1) is 11.3 Å². The number of fused-ring (bicyclic) bond motifs is 2. The molecule has 10 heteroatoms. The highest BCUT2D eigenvalue weighted by Crippen LogP contribution is 2.43. The molecule has 1 aromatic carbocycles. The van der Waals surface area contributed by atoms with Gasteiger partial charge in [0.25, 0.3) is 0 Å². The Morgan fingerprint density at radius 1 is 1.24 bits per heavy atom. The van der Waals surface area contributed by atoms with Crippen LogP contribution in [0.2, 0.25) is 0 Å². The van der Waals surface area contributed by atoms with Crippen LogP contribution in [0.5, 0.6) is 11.5 Å². The van der Waals surface area contributed by atoms with E-state index in [1.54, 1.807) is 11.6 Å². The van der Waals surface area contributed by atoms with Gasteiger partial charge in [0.05, 0.1) is 5.56 Å². The highest BCUT2D eigenvalue weighted by atomic mass is 32.1. The van der Waals surface area contributed by atoms with Crippen LogP contribution < -0.4 is 14.8 Å². The summed E-state index contributed by atoms with van der Waals surface area (Å²) in [6, 6.07) is 3.87.